The zero-order valence-electron chi connectivity index (χ0n) is 16.7. The van der Waals surface area contributed by atoms with Gasteiger partial charge in [-0.1, -0.05) is 42.5 Å². The third kappa shape index (κ3) is 5.32. The zero-order chi connectivity index (χ0) is 19.8. The first-order chi connectivity index (χ1) is 13.7. The first-order valence-corrected chi connectivity index (χ1v) is 10.3. The number of amides is 2. The summed E-state index contributed by atoms with van der Waals surface area (Å²) in [4.78, 5) is 27.2. The summed E-state index contributed by atoms with van der Waals surface area (Å²) < 4.78 is 5.29. The normalized spacial score (nSPS) is 16.9. The molecule has 1 atom stereocenters. The predicted octanol–water partition coefficient (Wildman–Crippen LogP) is 3.16. The molecule has 1 saturated heterocycles. The number of hydrogen-bond donors (Lipinski definition) is 1. The predicted molar refractivity (Wildman–Crippen MR) is 111 cm³/mol. The fourth-order valence-corrected chi connectivity index (χ4v) is 3.81. The van der Waals surface area contributed by atoms with E-state index in [-0.39, 0.29) is 17.7 Å². The van der Waals surface area contributed by atoms with Crippen molar-refractivity contribution in [2.24, 2.45) is 5.92 Å². The van der Waals surface area contributed by atoms with E-state index in [9.17, 15) is 9.59 Å². The maximum atomic E-state index is 12.9. The van der Waals surface area contributed by atoms with Gasteiger partial charge in [0.1, 0.15) is 0 Å². The fourth-order valence-electron chi connectivity index (χ4n) is 3.81. The molecule has 0 radical (unpaired) electrons. The summed E-state index contributed by atoms with van der Waals surface area (Å²) in [6.07, 6.45) is 2.91. The van der Waals surface area contributed by atoms with Crippen LogP contribution in [0.3, 0.4) is 0 Å². The Labute approximate surface area is 167 Å². The third-order valence-corrected chi connectivity index (χ3v) is 5.34. The van der Waals surface area contributed by atoms with Crippen molar-refractivity contribution >= 4 is 22.6 Å². The van der Waals surface area contributed by atoms with Gasteiger partial charge in [-0.25, -0.2) is 0 Å². The molecule has 1 aliphatic rings. The number of fused-ring (bicyclic) bond motifs is 1. The van der Waals surface area contributed by atoms with Crippen LogP contribution in [0.5, 0.6) is 0 Å². The lowest BCUT2D eigenvalue weighted by molar-refractivity contribution is -0.135. The van der Waals surface area contributed by atoms with E-state index < -0.39 is 0 Å². The van der Waals surface area contributed by atoms with Gasteiger partial charge in [0.25, 0.3) is 0 Å². The lowest BCUT2D eigenvalue weighted by atomic mass is 9.96. The van der Waals surface area contributed by atoms with E-state index >= 15 is 0 Å². The number of nitrogens with one attached hydrogen (secondary N) is 1. The molecule has 1 heterocycles. The van der Waals surface area contributed by atoms with Gasteiger partial charge in [-0.05, 0) is 42.5 Å². The molecule has 0 spiro atoms. The maximum absolute atomic E-state index is 12.9. The van der Waals surface area contributed by atoms with E-state index in [1.54, 1.807) is 0 Å². The van der Waals surface area contributed by atoms with E-state index in [0.717, 1.165) is 42.1 Å². The summed E-state index contributed by atoms with van der Waals surface area (Å²) >= 11 is 0. The van der Waals surface area contributed by atoms with Crippen LogP contribution in [0, 0.1) is 5.92 Å². The Morgan fingerprint density at radius 1 is 1.18 bits per heavy atom. The first-order valence-electron chi connectivity index (χ1n) is 10.3. The van der Waals surface area contributed by atoms with E-state index in [0.29, 0.717) is 32.7 Å². The minimum Gasteiger partial charge on any atom is -0.382 e. The molecule has 0 bridgehead atoms. The number of carbonyl (C=O) groups excluding carboxylic acids is 2. The molecule has 150 valence electrons. The van der Waals surface area contributed by atoms with Gasteiger partial charge in [-0.15, -0.1) is 0 Å². The summed E-state index contributed by atoms with van der Waals surface area (Å²) in [7, 11) is 0. The standard InChI is InChI=1S/C23H30N2O3/c1-2-28-15-7-13-24-23(27)20-11-6-14-25(17-20)22(26)16-19-10-5-9-18-8-3-4-12-21(18)19/h3-5,8-10,12,20H,2,6-7,11,13-17H2,1H3,(H,24,27)/t20-/m1/s1. The quantitative estimate of drug-likeness (QED) is 0.714. The fraction of sp³-hybridized carbons (Fsp3) is 0.478. The van der Waals surface area contributed by atoms with E-state index in [1.165, 1.54) is 0 Å². The smallest absolute Gasteiger partial charge is 0.227 e. The lowest BCUT2D eigenvalue weighted by Crippen LogP contribution is -2.46. The number of piperidine rings is 1. The average molecular weight is 383 g/mol. The van der Waals surface area contributed by atoms with Crippen LogP contribution in [0.4, 0.5) is 0 Å². The lowest BCUT2D eigenvalue weighted by Gasteiger charge is -2.32. The van der Waals surface area contributed by atoms with Gasteiger partial charge >= 0.3 is 0 Å². The molecule has 2 amide bonds. The van der Waals surface area contributed by atoms with E-state index in [1.807, 2.05) is 36.1 Å². The SMILES string of the molecule is CCOCCCNC(=O)[C@@H]1CCCN(C(=O)Cc2cccc3ccccc23)C1. The molecule has 1 aliphatic heterocycles. The molecule has 0 aliphatic carbocycles. The maximum Gasteiger partial charge on any atom is 0.227 e. The van der Waals surface area contributed by atoms with Gasteiger partial charge in [0.2, 0.25) is 11.8 Å². The highest BCUT2D eigenvalue weighted by Crippen LogP contribution is 2.22. The molecular formula is C23H30N2O3. The number of carbonyl (C=O) groups is 2. The van der Waals surface area contributed by atoms with E-state index in [4.69, 9.17) is 4.74 Å². The highest BCUT2D eigenvalue weighted by Gasteiger charge is 2.28. The molecular weight excluding hydrogens is 352 g/mol. The first kappa shape index (κ1) is 20.3. The number of rotatable bonds is 8. The van der Waals surface area contributed by atoms with Crippen molar-refractivity contribution in [3.05, 3.63) is 48.0 Å². The van der Waals surface area contributed by atoms with Gasteiger partial charge in [-0.3, -0.25) is 9.59 Å². The third-order valence-electron chi connectivity index (χ3n) is 5.34. The molecule has 3 rings (SSSR count). The second-order valence-corrected chi connectivity index (χ2v) is 7.34. The molecule has 0 saturated carbocycles. The van der Waals surface area contributed by atoms with Crippen LogP contribution in [0.25, 0.3) is 10.8 Å². The molecule has 2 aromatic carbocycles. The summed E-state index contributed by atoms with van der Waals surface area (Å²) in [5.41, 5.74) is 1.05. The van der Waals surface area contributed by atoms with Crippen LogP contribution in [-0.2, 0) is 20.7 Å². The molecule has 5 nitrogen and oxygen atoms in total. The molecule has 0 unspecified atom stereocenters. The molecule has 1 N–H and O–H groups in total. The second kappa shape index (κ2) is 10.2. The van der Waals surface area contributed by atoms with Crippen molar-refractivity contribution in [1.82, 2.24) is 10.2 Å². The minimum absolute atomic E-state index is 0.0548. The minimum atomic E-state index is -0.114. The Hall–Kier alpha value is -2.40. The van der Waals surface area contributed by atoms with Gasteiger partial charge in [0.15, 0.2) is 0 Å². The van der Waals surface area contributed by atoms with Gasteiger partial charge < -0.3 is 15.0 Å². The Morgan fingerprint density at radius 3 is 2.86 bits per heavy atom. The number of likely N-dealkylation sites (tertiary alicyclic amines) is 1. The summed E-state index contributed by atoms with van der Waals surface area (Å²) in [6.45, 7) is 5.20. The Morgan fingerprint density at radius 2 is 2.00 bits per heavy atom. The van der Waals surface area contributed by atoms with Crippen molar-refractivity contribution in [2.75, 3.05) is 32.8 Å². The average Bonchev–Trinajstić information content (AvgIpc) is 2.74. The molecule has 5 heteroatoms. The summed E-state index contributed by atoms with van der Waals surface area (Å²) in [5.74, 6) is 0.0432. The zero-order valence-corrected chi connectivity index (χ0v) is 16.7. The van der Waals surface area contributed by atoms with Gasteiger partial charge in [0.05, 0.1) is 12.3 Å². The summed E-state index contributed by atoms with van der Waals surface area (Å²) in [6, 6.07) is 14.2. The van der Waals surface area contributed by atoms with Gasteiger partial charge in [-0.2, -0.15) is 0 Å². The number of ether oxygens (including phenoxy) is 1. The van der Waals surface area contributed by atoms with Crippen molar-refractivity contribution in [2.45, 2.75) is 32.6 Å². The molecule has 1 fully saturated rings. The van der Waals surface area contributed by atoms with E-state index in [2.05, 4.69) is 23.5 Å². The topological polar surface area (TPSA) is 58.6 Å². The van der Waals surface area contributed by atoms with Crippen molar-refractivity contribution in [1.29, 1.82) is 0 Å². The number of hydrogen-bond acceptors (Lipinski definition) is 3. The monoisotopic (exact) mass is 382 g/mol. The van der Waals surface area contributed by atoms with Crippen LogP contribution in [0.2, 0.25) is 0 Å². The molecule has 0 aromatic heterocycles. The number of nitrogens with zero attached hydrogens (tertiary/aromatic N) is 1. The number of benzene rings is 2. The van der Waals surface area contributed by atoms with Crippen LogP contribution in [0.15, 0.2) is 42.5 Å². The van der Waals surface area contributed by atoms with Crippen LogP contribution < -0.4 is 5.32 Å². The van der Waals surface area contributed by atoms with Crippen molar-refractivity contribution in [3.63, 3.8) is 0 Å². The van der Waals surface area contributed by atoms with Gasteiger partial charge in [0, 0.05) is 32.8 Å². The highest BCUT2D eigenvalue weighted by atomic mass is 16.5. The Balaban J connectivity index is 1.54. The highest BCUT2D eigenvalue weighted by molar-refractivity contribution is 5.90. The molecule has 2 aromatic rings. The largest absolute Gasteiger partial charge is 0.382 e. The Kier molecular flexibility index (Phi) is 7.43. The van der Waals surface area contributed by atoms with Crippen LogP contribution >= 0.6 is 0 Å². The summed E-state index contributed by atoms with van der Waals surface area (Å²) in [5, 5.41) is 5.26. The van der Waals surface area contributed by atoms with Crippen LogP contribution in [0.1, 0.15) is 31.7 Å². The van der Waals surface area contributed by atoms with Crippen molar-refractivity contribution in [3.8, 4) is 0 Å². The van der Waals surface area contributed by atoms with Crippen molar-refractivity contribution < 1.29 is 14.3 Å². The molecule has 28 heavy (non-hydrogen) atoms. The van der Waals surface area contributed by atoms with Crippen LogP contribution in [-0.4, -0.2) is 49.6 Å². The Bertz CT molecular complexity index is 800. The second-order valence-electron chi connectivity index (χ2n) is 7.34.